The van der Waals surface area contributed by atoms with Gasteiger partial charge in [-0.05, 0) is 43.5 Å². The second-order valence-corrected chi connectivity index (χ2v) is 10.8. The van der Waals surface area contributed by atoms with E-state index in [2.05, 4.69) is 10.3 Å². The summed E-state index contributed by atoms with van der Waals surface area (Å²) in [7, 11) is 2.95. The Kier molecular flexibility index (Phi) is 9.07. The fourth-order valence-electron chi connectivity index (χ4n) is 4.61. The lowest BCUT2D eigenvalue weighted by atomic mass is 9.88. The number of carbonyl (C=O) groups excluding carboxylic acids is 3. The van der Waals surface area contributed by atoms with Crippen LogP contribution in [0.25, 0.3) is 10.4 Å². The summed E-state index contributed by atoms with van der Waals surface area (Å²) in [5.74, 6) is -0.796. The number of nitrogens with zero attached hydrogens (tertiary/aromatic N) is 2. The van der Waals surface area contributed by atoms with Crippen molar-refractivity contribution in [1.29, 1.82) is 0 Å². The Morgan fingerprint density at radius 3 is 2.49 bits per heavy atom. The first kappa shape index (κ1) is 27.0. The average Bonchev–Trinajstić information content (AvgIpc) is 3.61. The van der Waals surface area contributed by atoms with Gasteiger partial charge in [0.05, 0.1) is 31.0 Å². The summed E-state index contributed by atoms with van der Waals surface area (Å²) in [6.07, 6.45) is 4.93. The number of methoxy groups -OCH3 is 2. The van der Waals surface area contributed by atoms with Crippen molar-refractivity contribution in [3.05, 3.63) is 51.8 Å². The number of thiazole rings is 1. The van der Waals surface area contributed by atoms with Crippen molar-refractivity contribution in [2.45, 2.75) is 45.1 Å². The van der Waals surface area contributed by atoms with Gasteiger partial charge in [0.2, 0.25) is 5.91 Å². The molecule has 0 radical (unpaired) electrons. The van der Waals surface area contributed by atoms with Crippen molar-refractivity contribution in [2.75, 3.05) is 31.0 Å². The Labute approximate surface area is 224 Å². The highest BCUT2D eigenvalue weighted by Gasteiger charge is 2.34. The first-order chi connectivity index (χ1) is 17.9. The van der Waals surface area contributed by atoms with Gasteiger partial charge in [0.1, 0.15) is 10.6 Å². The molecule has 3 aromatic rings. The number of carbonyl (C=O) groups is 3. The number of hydrogen-bond acceptors (Lipinski definition) is 8. The minimum Gasteiger partial charge on any atom is -0.465 e. The van der Waals surface area contributed by atoms with Crippen molar-refractivity contribution in [3.8, 4) is 10.4 Å². The number of rotatable bonds is 9. The van der Waals surface area contributed by atoms with E-state index in [-0.39, 0.29) is 23.8 Å². The summed E-state index contributed by atoms with van der Waals surface area (Å²) in [5, 5.41) is 4.52. The molecule has 1 saturated carbocycles. The molecule has 1 atom stereocenters. The maximum absolute atomic E-state index is 13.7. The summed E-state index contributed by atoms with van der Waals surface area (Å²) in [6, 6.07) is 8.98. The van der Waals surface area contributed by atoms with Gasteiger partial charge < -0.3 is 19.7 Å². The molecule has 2 aromatic heterocycles. The van der Waals surface area contributed by atoms with Gasteiger partial charge in [-0.2, -0.15) is 0 Å². The van der Waals surface area contributed by atoms with Gasteiger partial charge in [-0.15, -0.1) is 22.7 Å². The van der Waals surface area contributed by atoms with Crippen molar-refractivity contribution in [2.24, 2.45) is 5.92 Å². The fourth-order valence-corrected chi connectivity index (χ4v) is 6.22. The Balaban J connectivity index is 1.65. The van der Waals surface area contributed by atoms with E-state index in [4.69, 9.17) is 9.47 Å². The van der Waals surface area contributed by atoms with Crippen molar-refractivity contribution in [3.63, 3.8) is 0 Å². The van der Waals surface area contributed by atoms with E-state index >= 15 is 0 Å². The smallest absolute Gasteiger partial charge is 0.350 e. The predicted molar refractivity (Wildman–Crippen MR) is 147 cm³/mol. The summed E-state index contributed by atoms with van der Waals surface area (Å²) >= 11 is 2.65. The molecule has 1 aromatic carbocycles. The van der Waals surface area contributed by atoms with Crippen LogP contribution < -0.4 is 10.2 Å². The predicted octanol–water partition coefficient (Wildman–Crippen LogP) is 5.86. The van der Waals surface area contributed by atoms with Crippen LogP contribution >= 0.6 is 22.7 Å². The van der Waals surface area contributed by atoms with Crippen LogP contribution in [0, 0.1) is 5.92 Å². The Bertz CT molecular complexity index is 1220. The third-order valence-corrected chi connectivity index (χ3v) is 8.22. The molecular weight excluding hydrogens is 510 g/mol. The molecule has 0 aliphatic heterocycles. The maximum Gasteiger partial charge on any atom is 0.350 e. The second kappa shape index (κ2) is 12.4. The minimum absolute atomic E-state index is 0.0267. The number of esters is 1. The zero-order valence-electron chi connectivity index (χ0n) is 21.2. The summed E-state index contributed by atoms with van der Waals surface area (Å²) in [6.45, 7) is 2.28. The number of aromatic nitrogens is 1. The van der Waals surface area contributed by atoms with Crippen LogP contribution in [0.15, 0.2) is 41.2 Å². The summed E-state index contributed by atoms with van der Waals surface area (Å²) in [5.41, 5.74) is 4.02. The third-order valence-electron chi connectivity index (χ3n) is 6.48. The molecule has 4 rings (SSSR count). The van der Waals surface area contributed by atoms with Gasteiger partial charge in [-0.25, -0.2) is 9.78 Å². The normalized spacial score (nSPS) is 14.7. The lowest BCUT2D eigenvalue weighted by Gasteiger charge is -2.33. The largest absolute Gasteiger partial charge is 0.465 e. The standard InChI is InChI=1S/C27H31N3O5S2/c1-17(14-34-2)30(26(32)19-7-5-4-6-8-19)22-13-23(37-24(22)27(33)35-3)18-9-11-20(12-10-18)29-25(31)21-15-36-16-28-21/h9-13,15-17,19H,4-8,14H2,1-3H3,(H,29,31). The van der Waals surface area contributed by atoms with Crippen molar-refractivity contribution in [1.82, 2.24) is 4.98 Å². The quantitative estimate of drug-likeness (QED) is 0.341. The molecule has 1 unspecified atom stereocenters. The number of hydrogen-bond donors (Lipinski definition) is 1. The van der Waals surface area contributed by atoms with Crippen LogP contribution in [-0.2, 0) is 14.3 Å². The molecule has 37 heavy (non-hydrogen) atoms. The molecule has 2 heterocycles. The van der Waals surface area contributed by atoms with Gasteiger partial charge in [-0.1, -0.05) is 31.4 Å². The topological polar surface area (TPSA) is 97.8 Å². The zero-order valence-corrected chi connectivity index (χ0v) is 22.8. The van der Waals surface area contributed by atoms with Crippen LogP contribution in [0.1, 0.15) is 59.2 Å². The van der Waals surface area contributed by atoms with Crippen molar-refractivity contribution >= 4 is 51.8 Å². The van der Waals surface area contributed by atoms with E-state index in [0.29, 0.717) is 28.6 Å². The molecular formula is C27H31N3O5S2. The van der Waals surface area contributed by atoms with Gasteiger partial charge in [0.25, 0.3) is 5.91 Å². The molecule has 0 spiro atoms. The first-order valence-corrected chi connectivity index (χ1v) is 14.0. The SMILES string of the molecule is COCC(C)N(C(=O)C1CCCCC1)c1cc(-c2ccc(NC(=O)c3cscn3)cc2)sc1C(=O)OC. The van der Waals surface area contributed by atoms with Crippen molar-refractivity contribution < 1.29 is 23.9 Å². The van der Waals surface area contributed by atoms with E-state index < -0.39 is 5.97 Å². The van der Waals surface area contributed by atoms with Crippen LogP contribution in [0.2, 0.25) is 0 Å². The number of thiophene rings is 1. The van der Waals surface area contributed by atoms with Crippen LogP contribution in [0.5, 0.6) is 0 Å². The zero-order chi connectivity index (χ0) is 26.4. The lowest BCUT2D eigenvalue weighted by molar-refractivity contribution is -0.124. The van der Waals surface area contributed by atoms with Crippen LogP contribution in [0.3, 0.4) is 0 Å². The Morgan fingerprint density at radius 1 is 1.14 bits per heavy atom. The molecule has 196 valence electrons. The van der Waals surface area contributed by atoms with Gasteiger partial charge in [0, 0.05) is 29.0 Å². The number of amides is 2. The van der Waals surface area contributed by atoms with Gasteiger partial charge in [-0.3, -0.25) is 9.59 Å². The number of nitrogens with one attached hydrogen (secondary N) is 1. The minimum atomic E-state index is -0.482. The lowest BCUT2D eigenvalue weighted by Crippen LogP contribution is -2.45. The number of benzene rings is 1. The molecule has 2 amide bonds. The van der Waals surface area contributed by atoms with E-state index in [1.807, 2.05) is 25.1 Å². The molecule has 8 nitrogen and oxygen atoms in total. The first-order valence-electron chi connectivity index (χ1n) is 12.3. The summed E-state index contributed by atoms with van der Waals surface area (Å²) in [4.78, 5) is 45.8. The van der Waals surface area contributed by atoms with Crippen LogP contribution in [0.4, 0.5) is 11.4 Å². The maximum atomic E-state index is 13.7. The van der Waals surface area contributed by atoms with Crippen LogP contribution in [-0.4, -0.2) is 49.6 Å². The molecule has 1 aliphatic carbocycles. The highest BCUT2D eigenvalue weighted by atomic mass is 32.1. The van der Waals surface area contributed by atoms with E-state index in [0.717, 1.165) is 42.5 Å². The second-order valence-electron chi connectivity index (χ2n) is 9.07. The van der Waals surface area contributed by atoms with E-state index in [1.54, 1.807) is 35.0 Å². The monoisotopic (exact) mass is 541 g/mol. The van der Waals surface area contributed by atoms with Gasteiger partial charge >= 0.3 is 5.97 Å². The molecule has 0 saturated heterocycles. The van der Waals surface area contributed by atoms with Gasteiger partial charge in [0.15, 0.2) is 0 Å². The summed E-state index contributed by atoms with van der Waals surface area (Å²) < 4.78 is 10.5. The van der Waals surface area contributed by atoms with E-state index in [1.165, 1.54) is 29.8 Å². The molecule has 0 bridgehead atoms. The Hall–Kier alpha value is -3.08. The number of ether oxygens (including phenoxy) is 2. The fraction of sp³-hybridized carbons (Fsp3) is 0.407. The third kappa shape index (κ3) is 6.26. The highest BCUT2D eigenvalue weighted by Crippen LogP contribution is 2.40. The molecule has 1 aliphatic rings. The molecule has 1 N–H and O–H groups in total. The molecule has 1 fully saturated rings. The Morgan fingerprint density at radius 2 is 1.86 bits per heavy atom. The molecule has 10 heteroatoms. The highest BCUT2D eigenvalue weighted by molar-refractivity contribution is 7.18. The number of anilines is 2. The average molecular weight is 542 g/mol. The van der Waals surface area contributed by atoms with E-state index in [9.17, 15) is 14.4 Å².